The Balaban J connectivity index is 2.49. The molecule has 2 heteroatoms. The molecule has 1 atom stereocenters. The van der Waals surface area contributed by atoms with Crippen molar-refractivity contribution in [3.05, 3.63) is 34.3 Å². The quantitative estimate of drug-likeness (QED) is 0.621. The standard InChI is InChI=1S/C11H11ClO/c1-7-10-4-3-9(12)6-8(10)2-5-11(7)13/h3-4,6-7H,2,5H2,1H3. The third-order valence-electron chi connectivity index (χ3n) is 2.70. The topological polar surface area (TPSA) is 17.1 Å². The first-order valence-electron chi connectivity index (χ1n) is 4.49. The zero-order valence-corrected chi connectivity index (χ0v) is 8.27. The lowest BCUT2D eigenvalue weighted by atomic mass is 9.83. The Labute approximate surface area is 82.7 Å². The molecular weight excluding hydrogens is 184 g/mol. The van der Waals surface area contributed by atoms with Crippen LogP contribution in [0, 0.1) is 0 Å². The van der Waals surface area contributed by atoms with Gasteiger partial charge in [0.2, 0.25) is 0 Å². The van der Waals surface area contributed by atoms with Gasteiger partial charge in [0.25, 0.3) is 0 Å². The van der Waals surface area contributed by atoms with Crippen molar-refractivity contribution in [2.45, 2.75) is 25.7 Å². The first-order chi connectivity index (χ1) is 6.18. The molecule has 68 valence electrons. The number of Topliss-reactive ketones (excluding diaryl/α,β-unsaturated/α-hetero) is 1. The van der Waals surface area contributed by atoms with Gasteiger partial charge in [-0.3, -0.25) is 4.79 Å². The second-order valence-corrected chi connectivity index (χ2v) is 3.97. The lowest BCUT2D eigenvalue weighted by Gasteiger charge is -2.21. The van der Waals surface area contributed by atoms with Crippen molar-refractivity contribution < 1.29 is 4.79 Å². The van der Waals surface area contributed by atoms with Crippen LogP contribution in [0.2, 0.25) is 5.02 Å². The molecule has 0 aromatic heterocycles. The summed E-state index contributed by atoms with van der Waals surface area (Å²) < 4.78 is 0. The van der Waals surface area contributed by atoms with Crippen molar-refractivity contribution in [3.8, 4) is 0 Å². The zero-order valence-electron chi connectivity index (χ0n) is 7.51. The Morgan fingerprint density at radius 2 is 2.15 bits per heavy atom. The Hall–Kier alpha value is -0.820. The number of carbonyl (C=O) groups is 1. The minimum atomic E-state index is 0.0565. The monoisotopic (exact) mass is 194 g/mol. The van der Waals surface area contributed by atoms with Gasteiger partial charge in [0, 0.05) is 17.4 Å². The lowest BCUT2D eigenvalue weighted by Crippen LogP contribution is -2.17. The van der Waals surface area contributed by atoms with Crippen molar-refractivity contribution in [2.24, 2.45) is 0 Å². The van der Waals surface area contributed by atoms with Crippen molar-refractivity contribution >= 4 is 17.4 Å². The van der Waals surface area contributed by atoms with Gasteiger partial charge in [0.15, 0.2) is 0 Å². The maximum atomic E-state index is 11.4. The number of rotatable bonds is 0. The van der Waals surface area contributed by atoms with Crippen LogP contribution in [0.3, 0.4) is 0 Å². The predicted molar refractivity (Wildman–Crippen MR) is 53.2 cm³/mol. The molecule has 0 fully saturated rings. The van der Waals surface area contributed by atoms with Crippen LogP contribution in [0.25, 0.3) is 0 Å². The van der Waals surface area contributed by atoms with Crippen LogP contribution in [0.4, 0.5) is 0 Å². The molecule has 0 N–H and O–H groups in total. The molecule has 1 aliphatic carbocycles. The van der Waals surface area contributed by atoms with Crippen LogP contribution < -0.4 is 0 Å². The van der Waals surface area contributed by atoms with E-state index in [-0.39, 0.29) is 5.92 Å². The summed E-state index contributed by atoms with van der Waals surface area (Å²) in [7, 11) is 0. The summed E-state index contributed by atoms with van der Waals surface area (Å²) in [5.74, 6) is 0.399. The summed E-state index contributed by atoms with van der Waals surface area (Å²) in [6.07, 6.45) is 1.51. The number of fused-ring (bicyclic) bond motifs is 1. The molecule has 1 unspecified atom stereocenters. The first kappa shape index (κ1) is 8.76. The van der Waals surface area contributed by atoms with Crippen LogP contribution >= 0.6 is 11.6 Å². The molecule has 1 nitrogen and oxygen atoms in total. The van der Waals surface area contributed by atoms with Gasteiger partial charge in [-0.15, -0.1) is 0 Å². The minimum Gasteiger partial charge on any atom is -0.299 e. The highest BCUT2D eigenvalue weighted by Crippen LogP contribution is 2.30. The minimum absolute atomic E-state index is 0.0565. The SMILES string of the molecule is CC1C(=O)CCc2cc(Cl)ccc21. The van der Waals surface area contributed by atoms with Gasteiger partial charge in [-0.25, -0.2) is 0 Å². The fourth-order valence-corrected chi connectivity index (χ4v) is 2.06. The van der Waals surface area contributed by atoms with E-state index in [9.17, 15) is 4.79 Å². The van der Waals surface area contributed by atoms with Crippen molar-refractivity contribution in [1.29, 1.82) is 0 Å². The Morgan fingerprint density at radius 3 is 2.92 bits per heavy atom. The number of hydrogen-bond donors (Lipinski definition) is 0. The Bertz CT molecular complexity index is 357. The van der Waals surface area contributed by atoms with E-state index in [4.69, 9.17) is 11.6 Å². The molecule has 0 amide bonds. The number of carbonyl (C=O) groups excluding carboxylic acids is 1. The van der Waals surface area contributed by atoms with Crippen LogP contribution in [0.5, 0.6) is 0 Å². The third-order valence-corrected chi connectivity index (χ3v) is 2.93. The highest BCUT2D eigenvalue weighted by molar-refractivity contribution is 6.30. The molecule has 0 saturated carbocycles. The summed E-state index contributed by atoms with van der Waals surface area (Å²) in [6.45, 7) is 1.97. The van der Waals surface area contributed by atoms with Crippen LogP contribution in [0.1, 0.15) is 30.4 Å². The summed E-state index contributed by atoms with van der Waals surface area (Å²) in [6, 6.07) is 5.80. The zero-order chi connectivity index (χ0) is 9.42. The van der Waals surface area contributed by atoms with E-state index in [1.165, 1.54) is 5.56 Å². The van der Waals surface area contributed by atoms with Crippen molar-refractivity contribution in [1.82, 2.24) is 0 Å². The first-order valence-corrected chi connectivity index (χ1v) is 4.87. The highest BCUT2D eigenvalue weighted by Gasteiger charge is 2.23. The maximum Gasteiger partial charge on any atom is 0.140 e. The molecule has 1 aliphatic rings. The number of hydrogen-bond acceptors (Lipinski definition) is 1. The van der Waals surface area contributed by atoms with Gasteiger partial charge in [-0.05, 0) is 29.7 Å². The summed E-state index contributed by atoms with van der Waals surface area (Å²) in [4.78, 5) is 11.4. The van der Waals surface area contributed by atoms with Gasteiger partial charge in [-0.1, -0.05) is 24.6 Å². The summed E-state index contributed by atoms with van der Waals surface area (Å²) in [5.41, 5.74) is 2.39. The average molecular weight is 195 g/mol. The molecule has 0 radical (unpaired) electrons. The highest BCUT2D eigenvalue weighted by atomic mass is 35.5. The largest absolute Gasteiger partial charge is 0.299 e. The van der Waals surface area contributed by atoms with Crippen LogP contribution in [0.15, 0.2) is 18.2 Å². The fourth-order valence-electron chi connectivity index (χ4n) is 1.86. The fraction of sp³-hybridized carbons (Fsp3) is 0.364. The van der Waals surface area contributed by atoms with Crippen molar-refractivity contribution in [2.75, 3.05) is 0 Å². The molecule has 2 rings (SSSR count). The summed E-state index contributed by atoms with van der Waals surface area (Å²) >= 11 is 5.88. The van der Waals surface area contributed by atoms with Gasteiger partial charge in [0.05, 0.1) is 0 Å². The molecular formula is C11H11ClO. The van der Waals surface area contributed by atoms with E-state index in [1.807, 2.05) is 25.1 Å². The maximum absolute atomic E-state index is 11.4. The normalized spacial score (nSPS) is 21.4. The van der Waals surface area contributed by atoms with E-state index < -0.39 is 0 Å². The molecule has 0 bridgehead atoms. The molecule has 13 heavy (non-hydrogen) atoms. The van der Waals surface area contributed by atoms with Gasteiger partial charge in [-0.2, -0.15) is 0 Å². The van der Waals surface area contributed by atoms with E-state index in [0.29, 0.717) is 12.2 Å². The molecule has 0 aliphatic heterocycles. The Morgan fingerprint density at radius 1 is 1.38 bits per heavy atom. The van der Waals surface area contributed by atoms with E-state index in [0.717, 1.165) is 17.0 Å². The average Bonchev–Trinajstić information content (AvgIpc) is 2.12. The number of halogens is 1. The second kappa shape index (κ2) is 3.15. The second-order valence-electron chi connectivity index (χ2n) is 3.53. The molecule has 0 heterocycles. The third kappa shape index (κ3) is 1.49. The predicted octanol–water partition coefficient (Wildman–Crippen LogP) is 2.96. The van der Waals surface area contributed by atoms with Crippen LogP contribution in [-0.2, 0) is 11.2 Å². The van der Waals surface area contributed by atoms with E-state index >= 15 is 0 Å². The van der Waals surface area contributed by atoms with E-state index in [1.54, 1.807) is 0 Å². The van der Waals surface area contributed by atoms with Crippen LogP contribution in [-0.4, -0.2) is 5.78 Å². The lowest BCUT2D eigenvalue weighted by molar-refractivity contribution is -0.120. The molecule has 0 saturated heterocycles. The van der Waals surface area contributed by atoms with Gasteiger partial charge in [0.1, 0.15) is 5.78 Å². The molecule has 1 aromatic rings. The van der Waals surface area contributed by atoms with Crippen molar-refractivity contribution in [3.63, 3.8) is 0 Å². The van der Waals surface area contributed by atoms with Gasteiger partial charge < -0.3 is 0 Å². The number of benzene rings is 1. The smallest absolute Gasteiger partial charge is 0.140 e. The Kier molecular flexibility index (Phi) is 2.12. The van der Waals surface area contributed by atoms with E-state index in [2.05, 4.69) is 0 Å². The van der Waals surface area contributed by atoms with Gasteiger partial charge >= 0.3 is 0 Å². The number of ketones is 1. The molecule has 0 spiro atoms. The number of aryl methyl sites for hydroxylation is 1. The molecule has 1 aromatic carbocycles. The summed E-state index contributed by atoms with van der Waals surface area (Å²) in [5, 5.41) is 0.764.